The molecule has 0 aliphatic carbocycles. The Hall–Kier alpha value is -0.980. The molecule has 58 valence electrons. The van der Waals surface area contributed by atoms with Crippen molar-refractivity contribution in [2.24, 2.45) is 0 Å². The molecule has 0 atom stereocenters. The van der Waals surface area contributed by atoms with Crippen molar-refractivity contribution in [3.05, 3.63) is 28.8 Å². The van der Waals surface area contributed by atoms with Crippen molar-refractivity contribution in [2.75, 3.05) is 0 Å². The number of rotatable bonds is 1. The summed E-state index contributed by atoms with van der Waals surface area (Å²) in [6.07, 6.45) is 1.07. The topological polar surface area (TPSA) is 9.23 Å². The van der Waals surface area contributed by atoms with Gasteiger partial charge in [-0.2, -0.15) is 0 Å². The van der Waals surface area contributed by atoms with Crippen LogP contribution in [-0.4, -0.2) is 0 Å². The number of benzene rings is 1. The summed E-state index contributed by atoms with van der Waals surface area (Å²) in [6, 6.07) is 4.45. The minimum Gasteiger partial charge on any atom is -0.488 e. The van der Waals surface area contributed by atoms with Gasteiger partial charge in [-0.1, -0.05) is 6.92 Å². The Morgan fingerprint density at radius 1 is 1.45 bits per heavy atom. The second-order valence-electron chi connectivity index (χ2n) is 3.04. The molecule has 1 nitrogen and oxygen atoms in total. The Morgan fingerprint density at radius 2 is 2.27 bits per heavy atom. The maximum Gasteiger partial charge on any atom is 0.125 e. The van der Waals surface area contributed by atoms with Gasteiger partial charge in [0.15, 0.2) is 0 Å². The summed E-state index contributed by atoms with van der Waals surface area (Å²) in [6.45, 7) is 5.05. The fourth-order valence-corrected chi connectivity index (χ4v) is 1.64. The molecule has 11 heavy (non-hydrogen) atoms. The van der Waals surface area contributed by atoms with Gasteiger partial charge >= 0.3 is 0 Å². The van der Waals surface area contributed by atoms with Crippen molar-refractivity contribution in [3.63, 3.8) is 0 Å². The second kappa shape index (κ2) is 2.26. The van der Waals surface area contributed by atoms with Crippen molar-refractivity contribution >= 4 is 0 Å². The van der Waals surface area contributed by atoms with E-state index in [1.165, 1.54) is 16.7 Å². The number of aryl methyl sites for hydroxylation is 2. The highest BCUT2D eigenvalue weighted by Crippen LogP contribution is 2.31. The fraction of sp³-hybridized carbons (Fsp3) is 0.400. The average Bonchev–Trinajstić information content (AvgIpc) is 2.04. The Morgan fingerprint density at radius 3 is 2.73 bits per heavy atom. The first-order chi connectivity index (χ1) is 5.31. The number of fused-ring (bicyclic) bond motifs is 3. The molecule has 0 saturated carbocycles. The molecule has 0 spiro atoms. The molecule has 2 aliphatic heterocycles. The summed E-state index contributed by atoms with van der Waals surface area (Å²) < 4.78 is 5.54. The molecule has 2 aliphatic rings. The summed E-state index contributed by atoms with van der Waals surface area (Å²) >= 11 is 0. The maximum absolute atomic E-state index is 5.54. The monoisotopic (exact) mass is 148 g/mol. The van der Waals surface area contributed by atoms with Crippen LogP contribution in [0.25, 0.3) is 0 Å². The molecular weight excluding hydrogens is 136 g/mol. The number of hydrogen-bond acceptors (Lipinski definition) is 1. The zero-order valence-corrected chi connectivity index (χ0v) is 6.98. The van der Waals surface area contributed by atoms with Gasteiger partial charge in [-0.3, -0.25) is 0 Å². The minimum absolute atomic E-state index is 0.774. The highest BCUT2D eigenvalue weighted by Gasteiger charge is 2.13. The fourth-order valence-electron chi connectivity index (χ4n) is 1.64. The predicted octanol–water partition coefficient (Wildman–Crippen LogP) is 2.45. The molecule has 0 N–H and O–H groups in total. The first-order valence-electron chi connectivity index (χ1n) is 4.06. The van der Waals surface area contributed by atoms with Crippen molar-refractivity contribution in [3.8, 4) is 5.75 Å². The van der Waals surface area contributed by atoms with Crippen LogP contribution >= 0.6 is 0 Å². The minimum atomic E-state index is 0.774. The number of hydrogen-bond donors (Lipinski definition) is 0. The van der Waals surface area contributed by atoms with Crippen LogP contribution in [0.3, 0.4) is 0 Å². The van der Waals surface area contributed by atoms with Gasteiger partial charge in [0.05, 0.1) is 0 Å². The van der Waals surface area contributed by atoms with Gasteiger partial charge in [-0.05, 0) is 42.2 Å². The normalized spacial score (nSPS) is 13.3. The largest absolute Gasteiger partial charge is 0.488 e. The van der Waals surface area contributed by atoms with E-state index in [0.29, 0.717) is 0 Å². The van der Waals surface area contributed by atoms with E-state index in [0.717, 1.165) is 18.8 Å². The molecule has 0 amide bonds. The van der Waals surface area contributed by atoms with Crippen molar-refractivity contribution in [1.29, 1.82) is 0 Å². The van der Waals surface area contributed by atoms with Crippen molar-refractivity contribution in [1.82, 2.24) is 0 Å². The molecule has 0 fully saturated rings. The van der Waals surface area contributed by atoms with E-state index in [2.05, 4.69) is 26.0 Å². The van der Waals surface area contributed by atoms with Gasteiger partial charge in [0, 0.05) is 0 Å². The molecule has 2 heterocycles. The smallest absolute Gasteiger partial charge is 0.125 e. The van der Waals surface area contributed by atoms with Crippen LogP contribution < -0.4 is 4.74 Å². The van der Waals surface area contributed by atoms with E-state index in [1.807, 2.05) is 0 Å². The summed E-state index contributed by atoms with van der Waals surface area (Å²) in [4.78, 5) is 0. The molecule has 0 unspecified atom stereocenters. The summed E-state index contributed by atoms with van der Waals surface area (Å²) in [5.41, 5.74) is 3.95. The van der Waals surface area contributed by atoms with Gasteiger partial charge in [0.25, 0.3) is 0 Å². The van der Waals surface area contributed by atoms with Crippen LogP contribution in [-0.2, 0) is 13.0 Å². The van der Waals surface area contributed by atoms with Crippen LogP contribution in [0.5, 0.6) is 5.75 Å². The second-order valence-corrected chi connectivity index (χ2v) is 3.04. The lowest BCUT2D eigenvalue weighted by Gasteiger charge is -2.20. The quantitative estimate of drug-likeness (QED) is 0.594. The predicted molar refractivity (Wildman–Crippen MR) is 44.9 cm³/mol. The van der Waals surface area contributed by atoms with Gasteiger partial charge in [0.2, 0.25) is 0 Å². The molecule has 2 bridgehead atoms. The van der Waals surface area contributed by atoms with E-state index in [-0.39, 0.29) is 0 Å². The lowest BCUT2D eigenvalue weighted by Crippen LogP contribution is -2.08. The molecule has 1 aromatic rings. The third kappa shape index (κ3) is 0.917. The van der Waals surface area contributed by atoms with E-state index in [9.17, 15) is 0 Å². The summed E-state index contributed by atoms with van der Waals surface area (Å²) in [7, 11) is 0. The zero-order valence-electron chi connectivity index (χ0n) is 6.98. The van der Waals surface area contributed by atoms with Gasteiger partial charge < -0.3 is 4.74 Å². The van der Waals surface area contributed by atoms with Gasteiger partial charge in [-0.15, -0.1) is 0 Å². The van der Waals surface area contributed by atoms with Crippen LogP contribution in [0.4, 0.5) is 0 Å². The average molecular weight is 148 g/mol. The number of ether oxygens (including phenoxy) is 1. The van der Waals surface area contributed by atoms with E-state index >= 15 is 0 Å². The Labute approximate surface area is 67.0 Å². The Kier molecular flexibility index (Phi) is 1.38. The Bertz CT molecular complexity index is 289. The van der Waals surface area contributed by atoms with Crippen LogP contribution in [0.2, 0.25) is 0 Å². The third-order valence-electron chi connectivity index (χ3n) is 2.18. The van der Waals surface area contributed by atoms with Gasteiger partial charge in [-0.25, -0.2) is 0 Å². The molecule has 1 heteroatoms. The molecule has 0 saturated heterocycles. The van der Waals surface area contributed by atoms with E-state index < -0.39 is 0 Å². The van der Waals surface area contributed by atoms with Crippen molar-refractivity contribution < 1.29 is 4.74 Å². The zero-order chi connectivity index (χ0) is 7.84. The summed E-state index contributed by atoms with van der Waals surface area (Å²) in [5.74, 6) is 1.11. The SMILES string of the molecule is CCc1cc2cc(C)c1OC2. The highest BCUT2D eigenvalue weighted by molar-refractivity contribution is 5.46. The molecule has 3 rings (SSSR count). The Balaban J connectivity index is 2.62. The van der Waals surface area contributed by atoms with Crippen LogP contribution in [0.1, 0.15) is 23.6 Å². The lowest BCUT2D eigenvalue weighted by atomic mass is 10.0. The van der Waals surface area contributed by atoms with Gasteiger partial charge in [0.1, 0.15) is 12.4 Å². The first kappa shape index (κ1) is 6.71. The summed E-state index contributed by atoms with van der Waals surface area (Å²) in [5, 5.41) is 0. The van der Waals surface area contributed by atoms with E-state index in [1.54, 1.807) is 0 Å². The lowest BCUT2D eigenvalue weighted by molar-refractivity contribution is 0.288. The molecular formula is C10H12O. The third-order valence-corrected chi connectivity index (χ3v) is 2.18. The molecule has 1 aromatic carbocycles. The standard InChI is InChI=1S/C10H12O/c1-3-9-5-8-4-7(2)10(9)11-6-8/h4-5H,3,6H2,1-2H3. The van der Waals surface area contributed by atoms with E-state index in [4.69, 9.17) is 4.74 Å². The molecule has 0 aromatic heterocycles. The maximum atomic E-state index is 5.54. The first-order valence-corrected chi connectivity index (χ1v) is 4.06. The highest BCUT2D eigenvalue weighted by atomic mass is 16.5. The van der Waals surface area contributed by atoms with Crippen LogP contribution in [0.15, 0.2) is 12.1 Å². The van der Waals surface area contributed by atoms with Crippen LogP contribution in [0, 0.1) is 6.92 Å². The van der Waals surface area contributed by atoms with Crippen molar-refractivity contribution in [2.45, 2.75) is 26.9 Å². The molecule has 0 radical (unpaired) electrons.